The second kappa shape index (κ2) is 12.2. The Balaban J connectivity index is 1.25. The molecule has 46 heavy (non-hydrogen) atoms. The van der Waals surface area contributed by atoms with Gasteiger partial charge in [0.05, 0.1) is 11.2 Å². The number of carbonyl (C=O) groups excluding carboxylic acids is 2. The van der Waals surface area contributed by atoms with Gasteiger partial charge in [-0.05, 0) is 107 Å². The Morgan fingerprint density at radius 3 is 2.46 bits per heavy atom. The monoisotopic (exact) mass is 657 g/mol. The van der Waals surface area contributed by atoms with Crippen molar-refractivity contribution in [1.29, 1.82) is 0 Å². The van der Waals surface area contributed by atoms with Gasteiger partial charge >= 0.3 is 0 Å². The fourth-order valence-corrected chi connectivity index (χ4v) is 8.05. The van der Waals surface area contributed by atoms with Gasteiger partial charge in [0.2, 0.25) is 21.6 Å². The van der Waals surface area contributed by atoms with Gasteiger partial charge in [-0.25, -0.2) is 17.2 Å². The molecule has 4 aliphatic rings. The van der Waals surface area contributed by atoms with Gasteiger partial charge in [0, 0.05) is 36.5 Å². The predicted molar refractivity (Wildman–Crippen MR) is 172 cm³/mol. The molecule has 2 aromatic carbocycles. The average molecular weight is 658 g/mol. The summed E-state index contributed by atoms with van der Waals surface area (Å²) in [6, 6.07) is 10.1. The minimum atomic E-state index is -3.77. The number of benzene rings is 2. The SMILES string of the molecule is CCS(=O)(=O)NC(=O)C(C)(C)c1ccc(O[C@@H]2CC[C@@H](NC(=O)[C@]3(F)CNC4(CCC4)C3)C2)c(-c2cccc(F)c2C2CCC2)c1. The lowest BCUT2D eigenvalue weighted by Crippen LogP contribution is -2.49. The Morgan fingerprint density at radius 2 is 1.83 bits per heavy atom. The van der Waals surface area contributed by atoms with E-state index in [-0.39, 0.29) is 48.1 Å². The molecule has 0 bridgehead atoms. The van der Waals surface area contributed by atoms with Crippen LogP contribution in [-0.4, -0.2) is 55.9 Å². The fraction of sp³-hybridized carbons (Fsp3) is 0.600. The summed E-state index contributed by atoms with van der Waals surface area (Å²) in [6.45, 7) is 4.81. The molecule has 0 aromatic heterocycles. The highest BCUT2D eigenvalue weighted by molar-refractivity contribution is 7.90. The molecular formula is C35H45F2N3O5S. The van der Waals surface area contributed by atoms with E-state index in [2.05, 4.69) is 15.4 Å². The van der Waals surface area contributed by atoms with Crippen molar-refractivity contribution in [3.8, 4) is 16.9 Å². The number of alkyl halides is 1. The highest BCUT2D eigenvalue weighted by Gasteiger charge is 2.55. The number of nitrogens with one attached hydrogen (secondary N) is 3. The lowest BCUT2D eigenvalue weighted by Gasteiger charge is -2.38. The van der Waals surface area contributed by atoms with E-state index in [1.165, 1.54) is 13.0 Å². The molecule has 3 saturated carbocycles. The van der Waals surface area contributed by atoms with E-state index in [1.807, 2.05) is 6.07 Å². The third kappa shape index (κ3) is 6.29. The Labute approximate surface area is 270 Å². The molecule has 6 rings (SSSR count). The van der Waals surface area contributed by atoms with Crippen LogP contribution >= 0.6 is 0 Å². The summed E-state index contributed by atoms with van der Waals surface area (Å²) < 4.78 is 64.2. The van der Waals surface area contributed by atoms with E-state index in [9.17, 15) is 18.0 Å². The molecule has 1 saturated heterocycles. The molecule has 3 aliphatic carbocycles. The molecule has 0 radical (unpaired) electrons. The van der Waals surface area contributed by atoms with E-state index in [0.29, 0.717) is 47.3 Å². The van der Waals surface area contributed by atoms with Crippen LogP contribution in [0.2, 0.25) is 0 Å². The fourth-order valence-electron chi connectivity index (χ4n) is 7.37. The predicted octanol–water partition coefficient (Wildman–Crippen LogP) is 5.54. The number of hydrogen-bond donors (Lipinski definition) is 3. The van der Waals surface area contributed by atoms with E-state index < -0.39 is 32.9 Å². The topological polar surface area (TPSA) is 114 Å². The summed E-state index contributed by atoms with van der Waals surface area (Å²) in [5, 5.41) is 6.19. The van der Waals surface area contributed by atoms with Crippen LogP contribution in [0.1, 0.15) is 102 Å². The molecule has 8 nitrogen and oxygen atoms in total. The molecule has 1 aliphatic heterocycles. The number of ether oxygens (including phenoxy) is 1. The van der Waals surface area contributed by atoms with Gasteiger partial charge in [-0.2, -0.15) is 0 Å². The number of halogens is 2. The second-order valence-corrected chi connectivity index (χ2v) is 16.4. The maximum Gasteiger partial charge on any atom is 0.259 e. The van der Waals surface area contributed by atoms with Gasteiger partial charge in [0.25, 0.3) is 5.91 Å². The van der Waals surface area contributed by atoms with Gasteiger partial charge in [-0.3, -0.25) is 14.3 Å². The van der Waals surface area contributed by atoms with E-state index in [1.54, 1.807) is 38.1 Å². The van der Waals surface area contributed by atoms with Gasteiger partial charge in [0.15, 0.2) is 0 Å². The van der Waals surface area contributed by atoms with Crippen LogP contribution < -0.4 is 20.1 Å². The average Bonchev–Trinajstić information content (AvgIpc) is 3.58. The molecule has 3 N–H and O–H groups in total. The number of hydrogen-bond acceptors (Lipinski definition) is 6. The molecule has 250 valence electrons. The van der Waals surface area contributed by atoms with Crippen LogP contribution in [0.4, 0.5) is 8.78 Å². The summed E-state index contributed by atoms with van der Waals surface area (Å²) in [5.41, 5.74) is -0.890. The first-order chi connectivity index (χ1) is 21.7. The van der Waals surface area contributed by atoms with Crippen molar-refractivity contribution in [3.05, 3.63) is 53.3 Å². The van der Waals surface area contributed by atoms with Gasteiger partial charge in [-0.15, -0.1) is 0 Å². The molecular weight excluding hydrogens is 612 g/mol. The number of sulfonamides is 1. The van der Waals surface area contributed by atoms with Crippen molar-refractivity contribution in [2.24, 2.45) is 0 Å². The first-order valence-corrected chi connectivity index (χ1v) is 18.3. The van der Waals surface area contributed by atoms with Crippen molar-refractivity contribution < 1.29 is 31.5 Å². The minimum absolute atomic E-state index is 0.0386. The summed E-state index contributed by atoms with van der Waals surface area (Å²) in [6.07, 6.45) is 7.38. The number of amides is 2. The quantitative estimate of drug-likeness (QED) is 0.309. The van der Waals surface area contributed by atoms with Crippen LogP contribution in [0.5, 0.6) is 5.75 Å². The van der Waals surface area contributed by atoms with Gasteiger partial charge in [-0.1, -0.05) is 24.6 Å². The Kier molecular flexibility index (Phi) is 8.72. The maximum atomic E-state index is 15.6. The molecule has 0 unspecified atom stereocenters. The first kappa shape index (κ1) is 32.9. The van der Waals surface area contributed by atoms with E-state index >= 15 is 8.78 Å². The summed E-state index contributed by atoms with van der Waals surface area (Å²) in [7, 11) is -3.77. The molecule has 4 fully saturated rings. The lowest BCUT2D eigenvalue weighted by molar-refractivity contribution is -0.133. The first-order valence-electron chi connectivity index (χ1n) is 16.6. The summed E-state index contributed by atoms with van der Waals surface area (Å²) in [4.78, 5) is 26.2. The molecule has 1 spiro atoms. The lowest BCUT2D eigenvalue weighted by atomic mass is 9.74. The Morgan fingerprint density at radius 1 is 1.07 bits per heavy atom. The Hall–Kier alpha value is -3.05. The van der Waals surface area contributed by atoms with Crippen molar-refractivity contribution in [1.82, 2.24) is 15.4 Å². The highest BCUT2D eigenvalue weighted by Crippen LogP contribution is 2.47. The normalized spacial score (nSPS) is 25.9. The molecule has 1 heterocycles. The minimum Gasteiger partial charge on any atom is -0.490 e. The zero-order valence-corrected chi connectivity index (χ0v) is 27.7. The zero-order chi connectivity index (χ0) is 32.9. The molecule has 2 amide bonds. The van der Waals surface area contributed by atoms with Gasteiger partial charge < -0.3 is 15.4 Å². The third-order valence-corrected chi connectivity index (χ3v) is 12.1. The molecule has 11 heteroatoms. The van der Waals surface area contributed by atoms with Crippen molar-refractivity contribution in [3.63, 3.8) is 0 Å². The maximum absolute atomic E-state index is 15.6. The number of carbonyl (C=O) groups is 2. The Bertz CT molecular complexity index is 1620. The summed E-state index contributed by atoms with van der Waals surface area (Å²) in [5.74, 6) is -1.16. The van der Waals surface area contributed by atoms with Gasteiger partial charge in [0.1, 0.15) is 17.7 Å². The van der Waals surface area contributed by atoms with Crippen molar-refractivity contribution in [2.45, 2.75) is 120 Å². The largest absolute Gasteiger partial charge is 0.490 e. The van der Waals surface area contributed by atoms with Crippen LogP contribution in [-0.2, 0) is 25.0 Å². The highest BCUT2D eigenvalue weighted by atomic mass is 32.2. The standard InChI is InChI=1S/C35H45F2N3O5S/c1-4-46(43,44)40-31(41)33(2,3)23-12-15-29(27(18-23)26-10-6-11-28(36)30(26)22-8-5-9-22)45-25-14-13-24(19-25)39-32(42)35(37)20-34(38-21-35)16-7-17-34/h6,10-12,15,18,22,24-25,38H,4-5,7-9,13-14,16-17,19-21H2,1-3H3,(H,39,42)(H,40,41)/t24-,25-,35-/m1/s1. The van der Waals surface area contributed by atoms with E-state index in [4.69, 9.17) is 4.74 Å². The van der Waals surface area contributed by atoms with Crippen molar-refractivity contribution in [2.75, 3.05) is 12.3 Å². The van der Waals surface area contributed by atoms with Crippen LogP contribution in [0.3, 0.4) is 0 Å². The smallest absolute Gasteiger partial charge is 0.259 e. The van der Waals surface area contributed by atoms with Crippen LogP contribution in [0, 0.1) is 5.82 Å². The van der Waals surface area contributed by atoms with Crippen LogP contribution in [0.25, 0.3) is 11.1 Å². The van der Waals surface area contributed by atoms with Crippen molar-refractivity contribution >= 4 is 21.8 Å². The summed E-state index contributed by atoms with van der Waals surface area (Å²) >= 11 is 0. The number of rotatable bonds is 10. The molecule has 2 aromatic rings. The zero-order valence-electron chi connectivity index (χ0n) is 26.9. The molecule has 3 atom stereocenters. The van der Waals surface area contributed by atoms with E-state index in [0.717, 1.165) is 38.5 Å². The van der Waals surface area contributed by atoms with Crippen LogP contribution in [0.15, 0.2) is 36.4 Å². The second-order valence-electron chi connectivity index (χ2n) is 14.4. The third-order valence-electron chi connectivity index (χ3n) is 10.8.